The van der Waals surface area contributed by atoms with Crippen LogP contribution in [0.1, 0.15) is 43.0 Å². The number of amides is 1. The quantitative estimate of drug-likeness (QED) is 0.590. The second-order valence-electron chi connectivity index (χ2n) is 6.41. The molecule has 114 valence electrons. The first kappa shape index (κ1) is 14.3. The van der Waals surface area contributed by atoms with E-state index in [-0.39, 0.29) is 23.2 Å². The highest BCUT2D eigenvalue weighted by molar-refractivity contribution is 5.99. The molecule has 1 aromatic rings. The normalized spacial score (nSPS) is 28.4. The molecule has 4 unspecified atom stereocenters. The Morgan fingerprint density at radius 1 is 1.38 bits per heavy atom. The van der Waals surface area contributed by atoms with Gasteiger partial charge in [-0.15, -0.1) is 0 Å². The van der Waals surface area contributed by atoms with Crippen molar-refractivity contribution < 1.29 is 9.18 Å². The molecule has 0 saturated heterocycles. The summed E-state index contributed by atoms with van der Waals surface area (Å²) in [5.41, 5.74) is 2.59. The molecule has 4 nitrogen and oxygen atoms in total. The van der Waals surface area contributed by atoms with Crippen molar-refractivity contribution in [1.29, 1.82) is 0 Å². The van der Waals surface area contributed by atoms with Gasteiger partial charge in [0.2, 0.25) is 0 Å². The first-order valence-corrected chi connectivity index (χ1v) is 7.66. The summed E-state index contributed by atoms with van der Waals surface area (Å²) in [6, 6.07) is 4.50. The third-order valence-corrected chi connectivity index (χ3v) is 5.20. The zero-order valence-electron chi connectivity index (χ0n) is 12.2. The zero-order valence-corrected chi connectivity index (χ0v) is 12.2. The summed E-state index contributed by atoms with van der Waals surface area (Å²) >= 11 is 0. The molecule has 0 radical (unpaired) electrons. The molecule has 5 heteroatoms. The molecular formula is C16H22FN3O. The van der Waals surface area contributed by atoms with Gasteiger partial charge in [-0.05, 0) is 56.1 Å². The lowest BCUT2D eigenvalue weighted by Crippen LogP contribution is -2.40. The number of nitrogens with one attached hydrogen (secondary N) is 2. The highest BCUT2D eigenvalue weighted by Gasteiger charge is 2.42. The Bertz CT molecular complexity index is 548. The van der Waals surface area contributed by atoms with Crippen molar-refractivity contribution in [2.24, 2.45) is 23.6 Å². The Kier molecular flexibility index (Phi) is 3.85. The maximum Gasteiger partial charge on any atom is 0.253 e. The standard InChI is InChI=1S/C16H22FN3O/c1-9(13-8-10-5-6-11(13)7-10)19-16(21)12-3-2-4-14(17)15(12)20-18/h2-4,9-11,13,20H,5-8,18H2,1H3,(H,19,21). The van der Waals surface area contributed by atoms with Crippen LogP contribution in [0.4, 0.5) is 10.1 Å². The van der Waals surface area contributed by atoms with Gasteiger partial charge in [0.1, 0.15) is 5.82 Å². The summed E-state index contributed by atoms with van der Waals surface area (Å²) in [4.78, 5) is 12.4. The van der Waals surface area contributed by atoms with Gasteiger partial charge in [0.25, 0.3) is 5.91 Å². The van der Waals surface area contributed by atoms with Gasteiger partial charge < -0.3 is 10.7 Å². The van der Waals surface area contributed by atoms with Crippen LogP contribution in [0.25, 0.3) is 0 Å². The minimum atomic E-state index is -0.516. The summed E-state index contributed by atoms with van der Waals surface area (Å²) in [7, 11) is 0. The van der Waals surface area contributed by atoms with E-state index in [0.29, 0.717) is 5.92 Å². The molecular weight excluding hydrogens is 269 g/mol. The predicted molar refractivity (Wildman–Crippen MR) is 80.1 cm³/mol. The molecule has 1 aromatic carbocycles. The molecule has 2 aliphatic rings. The van der Waals surface area contributed by atoms with Gasteiger partial charge in [-0.1, -0.05) is 12.5 Å². The van der Waals surface area contributed by atoms with Crippen molar-refractivity contribution in [2.75, 3.05) is 5.43 Å². The van der Waals surface area contributed by atoms with Crippen LogP contribution in [0.3, 0.4) is 0 Å². The van der Waals surface area contributed by atoms with Gasteiger partial charge in [0.05, 0.1) is 11.3 Å². The third kappa shape index (κ3) is 2.62. The molecule has 0 aliphatic heterocycles. The predicted octanol–water partition coefficient (Wildman–Crippen LogP) is 2.67. The summed E-state index contributed by atoms with van der Waals surface area (Å²) in [5, 5.41) is 3.02. The molecule has 2 bridgehead atoms. The number of nitrogen functional groups attached to an aromatic ring is 1. The van der Waals surface area contributed by atoms with Crippen LogP contribution >= 0.6 is 0 Å². The van der Waals surface area contributed by atoms with E-state index in [4.69, 9.17) is 5.84 Å². The van der Waals surface area contributed by atoms with Crippen LogP contribution in [-0.4, -0.2) is 11.9 Å². The molecule has 1 amide bonds. The summed E-state index contributed by atoms with van der Waals surface area (Å²) < 4.78 is 13.6. The fourth-order valence-electron chi connectivity index (χ4n) is 4.16. The summed E-state index contributed by atoms with van der Waals surface area (Å²) in [5.74, 6) is 6.67. The van der Waals surface area contributed by atoms with Gasteiger partial charge >= 0.3 is 0 Å². The molecule has 2 saturated carbocycles. The van der Waals surface area contributed by atoms with Crippen LogP contribution < -0.4 is 16.6 Å². The smallest absolute Gasteiger partial charge is 0.253 e. The lowest BCUT2D eigenvalue weighted by Gasteiger charge is -2.28. The number of nitrogens with two attached hydrogens (primary N) is 1. The zero-order chi connectivity index (χ0) is 15.0. The number of para-hydroxylation sites is 1. The van der Waals surface area contributed by atoms with Crippen LogP contribution in [0.5, 0.6) is 0 Å². The summed E-state index contributed by atoms with van der Waals surface area (Å²) in [6.45, 7) is 2.05. The Balaban J connectivity index is 1.70. The van der Waals surface area contributed by atoms with Gasteiger partial charge in [-0.3, -0.25) is 10.6 Å². The van der Waals surface area contributed by atoms with E-state index < -0.39 is 5.82 Å². The van der Waals surface area contributed by atoms with Crippen molar-refractivity contribution in [3.8, 4) is 0 Å². The number of hydrogen-bond acceptors (Lipinski definition) is 3. The molecule has 4 N–H and O–H groups in total. The number of anilines is 1. The lowest BCUT2D eigenvalue weighted by atomic mass is 9.84. The van der Waals surface area contributed by atoms with E-state index in [1.165, 1.54) is 37.8 Å². The lowest BCUT2D eigenvalue weighted by molar-refractivity contribution is 0.0915. The number of carbonyl (C=O) groups is 1. The first-order valence-electron chi connectivity index (χ1n) is 7.66. The van der Waals surface area contributed by atoms with Crippen molar-refractivity contribution in [3.63, 3.8) is 0 Å². The number of fused-ring (bicyclic) bond motifs is 2. The van der Waals surface area contributed by atoms with Crippen molar-refractivity contribution >= 4 is 11.6 Å². The van der Waals surface area contributed by atoms with E-state index in [0.717, 1.165) is 11.8 Å². The van der Waals surface area contributed by atoms with Gasteiger partial charge in [0.15, 0.2) is 0 Å². The molecule has 2 aliphatic carbocycles. The largest absolute Gasteiger partial charge is 0.349 e. The van der Waals surface area contributed by atoms with Gasteiger partial charge in [-0.2, -0.15) is 0 Å². The maximum absolute atomic E-state index is 13.6. The number of carbonyl (C=O) groups excluding carboxylic acids is 1. The Hall–Kier alpha value is -1.62. The van der Waals surface area contributed by atoms with Crippen molar-refractivity contribution in [2.45, 2.75) is 38.6 Å². The van der Waals surface area contributed by atoms with E-state index >= 15 is 0 Å². The molecule has 3 rings (SSSR count). The number of halogens is 1. The Morgan fingerprint density at radius 2 is 2.19 bits per heavy atom. The second kappa shape index (κ2) is 5.64. The number of benzene rings is 1. The number of rotatable bonds is 4. The van der Waals surface area contributed by atoms with E-state index in [9.17, 15) is 9.18 Å². The molecule has 0 heterocycles. The maximum atomic E-state index is 13.6. The molecule has 4 atom stereocenters. The molecule has 0 aromatic heterocycles. The number of hydrogen-bond donors (Lipinski definition) is 3. The van der Waals surface area contributed by atoms with Crippen molar-refractivity contribution in [1.82, 2.24) is 5.32 Å². The van der Waals surface area contributed by atoms with Gasteiger partial charge in [-0.25, -0.2) is 4.39 Å². The third-order valence-electron chi connectivity index (χ3n) is 5.20. The van der Waals surface area contributed by atoms with Gasteiger partial charge in [0, 0.05) is 6.04 Å². The fourth-order valence-corrected chi connectivity index (χ4v) is 4.16. The highest BCUT2D eigenvalue weighted by atomic mass is 19.1. The Morgan fingerprint density at radius 3 is 2.81 bits per heavy atom. The molecule has 21 heavy (non-hydrogen) atoms. The van der Waals surface area contributed by atoms with Crippen LogP contribution in [0.2, 0.25) is 0 Å². The average Bonchev–Trinajstić information content (AvgIpc) is 3.09. The van der Waals surface area contributed by atoms with E-state index in [2.05, 4.69) is 17.7 Å². The topological polar surface area (TPSA) is 67.2 Å². The second-order valence-corrected chi connectivity index (χ2v) is 6.41. The minimum absolute atomic E-state index is 0.0511. The van der Waals surface area contributed by atoms with Crippen LogP contribution in [0, 0.1) is 23.6 Å². The Labute approximate surface area is 124 Å². The fraction of sp³-hybridized carbons (Fsp3) is 0.562. The first-order chi connectivity index (χ1) is 10.1. The van der Waals surface area contributed by atoms with Crippen LogP contribution in [0.15, 0.2) is 18.2 Å². The minimum Gasteiger partial charge on any atom is -0.349 e. The highest BCUT2D eigenvalue weighted by Crippen LogP contribution is 2.49. The number of hydrazine groups is 1. The summed E-state index contributed by atoms with van der Waals surface area (Å²) in [6.07, 6.45) is 5.13. The average molecular weight is 291 g/mol. The monoisotopic (exact) mass is 291 g/mol. The van der Waals surface area contributed by atoms with E-state index in [1.807, 2.05) is 0 Å². The van der Waals surface area contributed by atoms with E-state index in [1.54, 1.807) is 6.07 Å². The van der Waals surface area contributed by atoms with Crippen molar-refractivity contribution in [3.05, 3.63) is 29.6 Å². The molecule has 2 fully saturated rings. The molecule has 0 spiro atoms. The SMILES string of the molecule is CC(NC(=O)c1cccc(F)c1NN)C1CC2CCC1C2. The van der Waals surface area contributed by atoms with Crippen LogP contribution in [-0.2, 0) is 0 Å².